The van der Waals surface area contributed by atoms with E-state index in [-0.39, 0.29) is 6.42 Å². The molecule has 0 aromatic heterocycles. The molecule has 1 unspecified atom stereocenters. The molecule has 5 heteroatoms. The molecule has 5 nitrogen and oxygen atoms in total. The summed E-state index contributed by atoms with van der Waals surface area (Å²) in [6, 6.07) is -1.19. The maximum absolute atomic E-state index is 10.1. The molecule has 0 aliphatic heterocycles. The van der Waals surface area contributed by atoms with Crippen molar-refractivity contribution in [1.82, 2.24) is 5.73 Å². The van der Waals surface area contributed by atoms with E-state index in [0.717, 1.165) is 0 Å². The minimum absolute atomic E-state index is 0.296. The molecule has 2 amide bonds. The highest BCUT2D eigenvalue weighted by Crippen LogP contribution is 1.85. The van der Waals surface area contributed by atoms with E-state index >= 15 is 0 Å². The minimum Gasteiger partial charge on any atom is -0.370 e. The van der Waals surface area contributed by atoms with Crippen molar-refractivity contribution in [2.45, 2.75) is 12.5 Å². The molecule has 0 aliphatic carbocycles. The summed E-state index contributed by atoms with van der Waals surface area (Å²) >= 11 is 0. The van der Waals surface area contributed by atoms with E-state index in [1.807, 2.05) is 0 Å². The fourth-order valence-corrected chi connectivity index (χ4v) is 0.302. The van der Waals surface area contributed by atoms with Crippen molar-refractivity contribution in [2.24, 2.45) is 11.5 Å². The molecule has 1 atom stereocenters. The van der Waals surface area contributed by atoms with Gasteiger partial charge in [0.15, 0.2) is 0 Å². The fourth-order valence-electron chi connectivity index (χ4n) is 0.302. The average Bonchev–Trinajstić information content (AvgIpc) is 1.63. The van der Waals surface area contributed by atoms with Crippen LogP contribution in [0.4, 0.5) is 0 Å². The SMILES string of the molecule is [NH]C(CC(N)=O)C(N)=O. The number of nitrogens with one attached hydrogen (secondary N) is 1. The van der Waals surface area contributed by atoms with Crippen LogP contribution < -0.4 is 17.2 Å². The Balaban J connectivity index is 3.63. The van der Waals surface area contributed by atoms with Gasteiger partial charge in [-0.2, -0.15) is 0 Å². The first-order chi connectivity index (χ1) is 4.04. The lowest BCUT2D eigenvalue weighted by molar-refractivity contribution is -0.124. The van der Waals surface area contributed by atoms with Crippen molar-refractivity contribution in [3.8, 4) is 0 Å². The second-order valence-corrected chi connectivity index (χ2v) is 1.63. The van der Waals surface area contributed by atoms with Gasteiger partial charge in [-0.25, -0.2) is 5.73 Å². The van der Waals surface area contributed by atoms with Crippen molar-refractivity contribution < 1.29 is 9.59 Å². The standard InChI is InChI=1S/C4H8N3O2/c5-2(4(7)9)1-3(6)8/h2,5H,1H2,(H2,6,8)(H2,7,9). The monoisotopic (exact) mass is 130 g/mol. The van der Waals surface area contributed by atoms with Gasteiger partial charge in [-0.05, 0) is 0 Å². The van der Waals surface area contributed by atoms with Gasteiger partial charge >= 0.3 is 0 Å². The molecule has 0 aromatic carbocycles. The molecular formula is C4H8N3O2. The Hall–Kier alpha value is -1.10. The predicted octanol–water partition coefficient (Wildman–Crippen LogP) is -2.00. The summed E-state index contributed by atoms with van der Waals surface area (Å²) in [6.07, 6.45) is -0.296. The van der Waals surface area contributed by atoms with Gasteiger partial charge in [-0.3, -0.25) is 9.59 Å². The van der Waals surface area contributed by atoms with Crippen LogP contribution in [0.2, 0.25) is 0 Å². The summed E-state index contributed by atoms with van der Waals surface area (Å²) < 4.78 is 0. The number of carbonyl (C=O) groups excluding carboxylic acids is 2. The number of nitrogens with two attached hydrogens (primary N) is 2. The van der Waals surface area contributed by atoms with Gasteiger partial charge in [-0.1, -0.05) is 0 Å². The van der Waals surface area contributed by atoms with Gasteiger partial charge in [-0.15, -0.1) is 0 Å². The summed E-state index contributed by atoms with van der Waals surface area (Å²) in [4.78, 5) is 20.1. The molecule has 0 rings (SSSR count). The summed E-state index contributed by atoms with van der Waals surface area (Å²) in [5.41, 5.74) is 16.1. The third kappa shape index (κ3) is 3.48. The van der Waals surface area contributed by atoms with E-state index in [4.69, 9.17) is 5.73 Å². The van der Waals surface area contributed by atoms with Crippen LogP contribution in [-0.4, -0.2) is 17.9 Å². The van der Waals surface area contributed by atoms with Gasteiger partial charge in [0, 0.05) is 0 Å². The molecule has 0 heterocycles. The number of hydrogen-bond donors (Lipinski definition) is 2. The van der Waals surface area contributed by atoms with Crippen LogP contribution in [0.15, 0.2) is 0 Å². The molecule has 9 heavy (non-hydrogen) atoms. The fraction of sp³-hybridized carbons (Fsp3) is 0.500. The van der Waals surface area contributed by atoms with Crippen LogP contribution in [0.1, 0.15) is 6.42 Å². The molecule has 0 fully saturated rings. The van der Waals surface area contributed by atoms with Crippen LogP contribution in [0.25, 0.3) is 0 Å². The summed E-state index contributed by atoms with van der Waals surface area (Å²) in [7, 11) is 0. The first-order valence-corrected chi connectivity index (χ1v) is 2.32. The van der Waals surface area contributed by atoms with E-state index in [2.05, 4.69) is 11.5 Å². The lowest BCUT2D eigenvalue weighted by Crippen LogP contribution is -2.33. The average molecular weight is 130 g/mol. The van der Waals surface area contributed by atoms with Crippen molar-refractivity contribution >= 4 is 11.8 Å². The quantitative estimate of drug-likeness (QED) is 0.460. The lowest BCUT2D eigenvalue weighted by atomic mass is 10.2. The highest BCUT2D eigenvalue weighted by Gasteiger charge is 2.11. The second kappa shape index (κ2) is 3.03. The Bertz CT molecular complexity index is 134. The largest absolute Gasteiger partial charge is 0.370 e. The molecule has 51 valence electrons. The molecule has 0 aromatic rings. The smallest absolute Gasteiger partial charge is 0.236 e. The molecule has 0 saturated heterocycles. The van der Waals surface area contributed by atoms with Crippen LogP contribution in [-0.2, 0) is 9.59 Å². The molecule has 5 N–H and O–H groups in total. The Morgan fingerprint density at radius 3 is 2.00 bits per heavy atom. The van der Waals surface area contributed by atoms with Gasteiger partial charge in [0.2, 0.25) is 11.8 Å². The van der Waals surface area contributed by atoms with Crippen LogP contribution in [0.5, 0.6) is 0 Å². The highest BCUT2D eigenvalue weighted by molar-refractivity contribution is 5.86. The Morgan fingerprint density at radius 1 is 1.44 bits per heavy atom. The normalized spacial score (nSPS) is 12.6. The Morgan fingerprint density at radius 2 is 1.89 bits per heavy atom. The van der Waals surface area contributed by atoms with E-state index in [9.17, 15) is 9.59 Å². The van der Waals surface area contributed by atoms with Gasteiger partial charge in [0.25, 0.3) is 0 Å². The van der Waals surface area contributed by atoms with E-state index in [1.54, 1.807) is 0 Å². The molecular weight excluding hydrogens is 122 g/mol. The summed E-state index contributed by atoms with van der Waals surface area (Å²) in [6.45, 7) is 0. The Labute approximate surface area is 52.2 Å². The molecule has 1 radical (unpaired) electrons. The van der Waals surface area contributed by atoms with E-state index < -0.39 is 17.9 Å². The number of carbonyl (C=O) groups is 2. The van der Waals surface area contributed by atoms with Crippen molar-refractivity contribution in [3.63, 3.8) is 0 Å². The van der Waals surface area contributed by atoms with E-state index in [0.29, 0.717) is 0 Å². The van der Waals surface area contributed by atoms with Gasteiger partial charge in [0.05, 0.1) is 6.42 Å². The van der Waals surface area contributed by atoms with Crippen molar-refractivity contribution in [1.29, 1.82) is 0 Å². The second-order valence-electron chi connectivity index (χ2n) is 1.63. The predicted molar refractivity (Wildman–Crippen MR) is 29.9 cm³/mol. The third-order valence-electron chi connectivity index (χ3n) is 0.749. The maximum Gasteiger partial charge on any atom is 0.236 e. The maximum atomic E-state index is 10.1. The van der Waals surface area contributed by atoms with Crippen molar-refractivity contribution in [2.75, 3.05) is 0 Å². The molecule has 0 aliphatic rings. The zero-order valence-electron chi connectivity index (χ0n) is 4.76. The minimum atomic E-state index is -1.19. The topological polar surface area (TPSA) is 110 Å². The molecule has 0 bridgehead atoms. The first-order valence-electron chi connectivity index (χ1n) is 2.32. The lowest BCUT2D eigenvalue weighted by Gasteiger charge is -1.99. The summed E-state index contributed by atoms with van der Waals surface area (Å²) in [5, 5.41) is 0. The third-order valence-corrected chi connectivity index (χ3v) is 0.749. The molecule has 0 saturated carbocycles. The molecule has 0 spiro atoms. The number of hydrogen-bond acceptors (Lipinski definition) is 2. The van der Waals surface area contributed by atoms with Crippen LogP contribution in [0, 0.1) is 0 Å². The van der Waals surface area contributed by atoms with Crippen LogP contribution in [0.3, 0.4) is 0 Å². The van der Waals surface area contributed by atoms with Gasteiger partial charge in [0.1, 0.15) is 6.04 Å². The van der Waals surface area contributed by atoms with E-state index in [1.165, 1.54) is 0 Å². The van der Waals surface area contributed by atoms with Crippen molar-refractivity contribution in [3.05, 3.63) is 0 Å². The number of amides is 2. The van der Waals surface area contributed by atoms with Crippen LogP contribution >= 0.6 is 0 Å². The first kappa shape index (κ1) is 7.90. The Kier molecular flexibility index (Phi) is 2.66. The number of primary amides is 2. The van der Waals surface area contributed by atoms with Gasteiger partial charge < -0.3 is 11.5 Å². The zero-order valence-corrected chi connectivity index (χ0v) is 4.76. The summed E-state index contributed by atoms with van der Waals surface area (Å²) in [5.74, 6) is -1.51. The number of rotatable bonds is 3. The zero-order chi connectivity index (χ0) is 7.44. The highest BCUT2D eigenvalue weighted by atomic mass is 16.2.